The number of imidazole rings is 1. The summed E-state index contributed by atoms with van der Waals surface area (Å²) in [7, 11) is 0. The highest BCUT2D eigenvalue weighted by Gasteiger charge is 2.16. The van der Waals surface area contributed by atoms with E-state index in [9.17, 15) is 4.79 Å². The number of hydrogen-bond donors (Lipinski definition) is 1. The molecule has 2 N–H and O–H groups in total. The summed E-state index contributed by atoms with van der Waals surface area (Å²) in [6, 6.07) is 0. The van der Waals surface area contributed by atoms with Crippen LogP contribution in [0.4, 0.5) is 0 Å². The molecule has 0 bridgehead atoms. The molecule has 2 rings (SSSR count). The molecule has 1 aromatic heterocycles. The fourth-order valence-electron chi connectivity index (χ4n) is 1.61. The molecule has 0 radical (unpaired) electrons. The molecule has 0 fully saturated rings. The molecule has 1 amide bonds. The summed E-state index contributed by atoms with van der Waals surface area (Å²) in [5.41, 5.74) is 5.73. The summed E-state index contributed by atoms with van der Waals surface area (Å²) in [4.78, 5) is 15.0. The molecule has 4 nitrogen and oxygen atoms in total. The molecule has 0 aromatic carbocycles. The number of hydrogen-bond acceptors (Lipinski definition) is 2. The molecule has 0 unspecified atom stereocenters. The van der Waals surface area contributed by atoms with Gasteiger partial charge in [-0.2, -0.15) is 0 Å². The highest BCUT2D eigenvalue weighted by molar-refractivity contribution is 5.90. The number of nitrogens with zero attached hydrogens (tertiary/aromatic N) is 2. The van der Waals surface area contributed by atoms with Gasteiger partial charge in [0.1, 0.15) is 11.5 Å². The first-order valence-electron chi connectivity index (χ1n) is 4.13. The van der Waals surface area contributed by atoms with E-state index in [1.807, 2.05) is 4.57 Å². The Bertz CT molecular complexity index is 316. The van der Waals surface area contributed by atoms with Crippen LogP contribution in [0.3, 0.4) is 0 Å². The molecular formula is C8H11N3O. The second-order valence-corrected chi connectivity index (χ2v) is 3.03. The molecule has 1 aliphatic heterocycles. The van der Waals surface area contributed by atoms with E-state index in [1.165, 1.54) is 0 Å². The molecule has 0 saturated heterocycles. The normalized spacial score (nSPS) is 15.7. The number of nitrogens with two attached hydrogens (primary N) is 1. The van der Waals surface area contributed by atoms with Gasteiger partial charge in [0.2, 0.25) is 0 Å². The lowest BCUT2D eigenvalue weighted by atomic mass is 10.1. The minimum atomic E-state index is -0.379. The van der Waals surface area contributed by atoms with E-state index >= 15 is 0 Å². The molecule has 1 aromatic rings. The van der Waals surface area contributed by atoms with Gasteiger partial charge in [0.25, 0.3) is 5.91 Å². The number of carbonyl (C=O) groups is 1. The first-order valence-corrected chi connectivity index (χ1v) is 4.13. The third kappa shape index (κ3) is 0.995. The second-order valence-electron chi connectivity index (χ2n) is 3.03. The van der Waals surface area contributed by atoms with E-state index in [1.54, 1.807) is 6.20 Å². The summed E-state index contributed by atoms with van der Waals surface area (Å²) in [5, 5.41) is 0. The maximum Gasteiger partial charge on any atom is 0.266 e. The fraction of sp³-hybridized carbons (Fsp3) is 0.500. The van der Waals surface area contributed by atoms with Crippen LogP contribution in [0.5, 0.6) is 0 Å². The van der Waals surface area contributed by atoms with Crippen molar-refractivity contribution in [2.75, 3.05) is 0 Å². The third-order valence-electron chi connectivity index (χ3n) is 2.22. The molecule has 4 heteroatoms. The zero-order valence-corrected chi connectivity index (χ0v) is 6.79. The van der Waals surface area contributed by atoms with Crippen molar-refractivity contribution in [3.05, 3.63) is 17.7 Å². The summed E-state index contributed by atoms with van der Waals surface area (Å²) in [6.45, 7) is 0.883. The highest BCUT2D eigenvalue weighted by atomic mass is 16.1. The van der Waals surface area contributed by atoms with Gasteiger partial charge in [-0.05, 0) is 12.8 Å². The minimum absolute atomic E-state index is 0.379. The number of rotatable bonds is 1. The van der Waals surface area contributed by atoms with E-state index in [-0.39, 0.29) is 5.91 Å². The smallest absolute Gasteiger partial charge is 0.266 e. The van der Waals surface area contributed by atoms with Crippen molar-refractivity contribution < 1.29 is 4.79 Å². The van der Waals surface area contributed by atoms with Crippen LogP contribution in [-0.2, 0) is 13.0 Å². The maximum absolute atomic E-state index is 10.9. The summed E-state index contributed by atoms with van der Waals surface area (Å²) in [5.74, 6) is 0.616. The molecular weight excluding hydrogens is 154 g/mol. The van der Waals surface area contributed by atoms with Crippen molar-refractivity contribution in [2.24, 2.45) is 5.73 Å². The van der Waals surface area contributed by atoms with Crippen LogP contribution in [0, 0.1) is 0 Å². The van der Waals surface area contributed by atoms with Crippen molar-refractivity contribution in [2.45, 2.75) is 25.8 Å². The lowest BCUT2D eigenvalue weighted by Crippen LogP contribution is -2.20. The van der Waals surface area contributed by atoms with Crippen LogP contribution in [0.15, 0.2) is 6.20 Å². The Balaban J connectivity index is 2.44. The number of primary amides is 1. The molecule has 0 aliphatic carbocycles. The Hall–Kier alpha value is -1.32. The lowest BCUT2D eigenvalue weighted by molar-refractivity contribution is 0.0990. The summed E-state index contributed by atoms with van der Waals surface area (Å²) < 4.78 is 1.92. The van der Waals surface area contributed by atoms with Crippen LogP contribution in [0.2, 0.25) is 0 Å². The lowest BCUT2D eigenvalue weighted by Gasteiger charge is -2.14. The van der Waals surface area contributed by atoms with Crippen molar-refractivity contribution in [1.82, 2.24) is 9.55 Å². The summed E-state index contributed by atoms with van der Waals surface area (Å²) in [6.07, 6.45) is 4.81. The van der Waals surface area contributed by atoms with E-state index < -0.39 is 0 Å². The molecule has 2 heterocycles. The predicted molar refractivity (Wildman–Crippen MR) is 43.7 cm³/mol. The van der Waals surface area contributed by atoms with Gasteiger partial charge in [0, 0.05) is 13.0 Å². The van der Waals surface area contributed by atoms with Crippen LogP contribution in [0.25, 0.3) is 0 Å². The van der Waals surface area contributed by atoms with E-state index in [4.69, 9.17) is 5.73 Å². The third-order valence-corrected chi connectivity index (χ3v) is 2.22. The standard InChI is InChI=1S/C8H11N3O/c9-8(12)6-5-10-7-3-1-2-4-11(6)7/h5H,1-4H2,(H2,9,12). The van der Waals surface area contributed by atoms with Gasteiger partial charge in [0.05, 0.1) is 6.20 Å². The largest absolute Gasteiger partial charge is 0.364 e. The zero-order valence-electron chi connectivity index (χ0n) is 6.79. The van der Waals surface area contributed by atoms with Crippen molar-refractivity contribution in [3.63, 3.8) is 0 Å². The monoisotopic (exact) mass is 165 g/mol. The SMILES string of the molecule is NC(=O)c1cnc2n1CCCC2. The average Bonchev–Trinajstić information content (AvgIpc) is 2.47. The van der Waals surface area contributed by atoms with Crippen LogP contribution >= 0.6 is 0 Å². The van der Waals surface area contributed by atoms with Gasteiger partial charge in [-0.1, -0.05) is 0 Å². The van der Waals surface area contributed by atoms with Crippen molar-refractivity contribution in [3.8, 4) is 0 Å². The Morgan fingerprint density at radius 3 is 3.17 bits per heavy atom. The van der Waals surface area contributed by atoms with E-state index in [2.05, 4.69) is 4.98 Å². The van der Waals surface area contributed by atoms with Gasteiger partial charge in [-0.3, -0.25) is 4.79 Å². The fourth-order valence-corrected chi connectivity index (χ4v) is 1.61. The van der Waals surface area contributed by atoms with Gasteiger partial charge in [0.15, 0.2) is 0 Å². The van der Waals surface area contributed by atoms with Gasteiger partial charge in [-0.15, -0.1) is 0 Å². The van der Waals surface area contributed by atoms with Crippen LogP contribution in [-0.4, -0.2) is 15.5 Å². The molecule has 0 atom stereocenters. The van der Waals surface area contributed by atoms with Gasteiger partial charge >= 0.3 is 0 Å². The second kappa shape index (κ2) is 2.62. The Labute approximate surface area is 70.4 Å². The number of aromatic nitrogens is 2. The number of aryl methyl sites for hydroxylation is 1. The van der Waals surface area contributed by atoms with E-state index in [0.717, 1.165) is 31.6 Å². The molecule has 12 heavy (non-hydrogen) atoms. The molecule has 0 saturated carbocycles. The minimum Gasteiger partial charge on any atom is -0.364 e. The quantitative estimate of drug-likeness (QED) is 0.651. The van der Waals surface area contributed by atoms with E-state index in [0.29, 0.717) is 5.69 Å². The number of fused-ring (bicyclic) bond motifs is 1. The van der Waals surface area contributed by atoms with Crippen molar-refractivity contribution in [1.29, 1.82) is 0 Å². The molecule has 64 valence electrons. The van der Waals surface area contributed by atoms with Crippen molar-refractivity contribution >= 4 is 5.91 Å². The first kappa shape index (κ1) is 7.34. The van der Waals surface area contributed by atoms with Gasteiger partial charge in [-0.25, -0.2) is 4.98 Å². The number of carbonyl (C=O) groups excluding carboxylic acids is 1. The average molecular weight is 165 g/mol. The topological polar surface area (TPSA) is 60.9 Å². The number of amides is 1. The maximum atomic E-state index is 10.9. The van der Waals surface area contributed by atoms with Gasteiger partial charge < -0.3 is 10.3 Å². The Morgan fingerprint density at radius 2 is 2.42 bits per heavy atom. The molecule has 0 spiro atoms. The zero-order chi connectivity index (χ0) is 8.55. The first-order chi connectivity index (χ1) is 5.79. The van der Waals surface area contributed by atoms with Crippen LogP contribution < -0.4 is 5.73 Å². The molecule has 1 aliphatic rings. The summed E-state index contributed by atoms with van der Waals surface area (Å²) >= 11 is 0. The van der Waals surface area contributed by atoms with Crippen LogP contribution in [0.1, 0.15) is 29.2 Å². The highest BCUT2D eigenvalue weighted by Crippen LogP contribution is 2.15. The Morgan fingerprint density at radius 1 is 1.58 bits per heavy atom. The predicted octanol–water partition coefficient (Wildman–Crippen LogP) is 0.318. The Kier molecular flexibility index (Phi) is 1.60.